The van der Waals surface area contributed by atoms with Gasteiger partial charge in [-0.3, -0.25) is 4.79 Å². The maximum absolute atomic E-state index is 12.1. The molecule has 1 heterocycles. The molecule has 0 unspecified atom stereocenters. The Morgan fingerprint density at radius 1 is 1.35 bits per heavy atom. The number of methoxy groups -OCH3 is 1. The molecular formula is C18H26O5. The Hall–Kier alpha value is -1.36. The van der Waals surface area contributed by atoms with E-state index in [2.05, 4.69) is 13.8 Å². The number of carbonyl (C=O) groups excluding carboxylic acids is 2. The topological polar surface area (TPSA) is 61.8 Å². The average molecular weight is 322 g/mol. The molecule has 128 valence electrons. The van der Waals surface area contributed by atoms with Gasteiger partial charge in [0.1, 0.15) is 6.10 Å². The van der Waals surface area contributed by atoms with Crippen LogP contribution < -0.4 is 0 Å². The fraction of sp³-hybridized carbons (Fsp3) is 0.778. The summed E-state index contributed by atoms with van der Waals surface area (Å²) in [6.45, 7) is 7.78. The fourth-order valence-corrected chi connectivity index (χ4v) is 4.81. The molecule has 0 bridgehead atoms. The van der Waals surface area contributed by atoms with Crippen LogP contribution in [-0.2, 0) is 23.8 Å². The molecule has 3 rings (SSSR count). The van der Waals surface area contributed by atoms with Crippen LogP contribution in [0.25, 0.3) is 0 Å². The average Bonchev–Trinajstić information content (AvgIpc) is 2.73. The zero-order valence-electron chi connectivity index (χ0n) is 14.6. The summed E-state index contributed by atoms with van der Waals surface area (Å²) in [5.41, 5.74) is 1.62. The second-order valence-electron chi connectivity index (χ2n) is 7.57. The van der Waals surface area contributed by atoms with Crippen LogP contribution in [0, 0.1) is 17.3 Å². The van der Waals surface area contributed by atoms with Crippen molar-refractivity contribution in [3.05, 3.63) is 11.1 Å². The first-order chi connectivity index (χ1) is 10.7. The van der Waals surface area contributed by atoms with E-state index in [1.54, 1.807) is 7.11 Å². The molecule has 2 aliphatic carbocycles. The number of hydrogen-bond acceptors (Lipinski definition) is 5. The summed E-state index contributed by atoms with van der Waals surface area (Å²) in [4.78, 5) is 23.6. The van der Waals surface area contributed by atoms with E-state index in [1.807, 2.05) is 6.92 Å². The lowest BCUT2D eigenvalue weighted by Gasteiger charge is -2.55. The van der Waals surface area contributed by atoms with E-state index >= 15 is 0 Å². The van der Waals surface area contributed by atoms with Crippen molar-refractivity contribution in [3.8, 4) is 0 Å². The normalized spacial score (nSPS) is 42.8. The lowest BCUT2D eigenvalue weighted by molar-refractivity contribution is -0.229. The molecule has 0 aromatic rings. The maximum atomic E-state index is 12.1. The van der Waals surface area contributed by atoms with Crippen LogP contribution in [0.5, 0.6) is 0 Å². The fourth-order valence-electron chi connectivity index (χ4n) is 4.81. The van der Waals surface area contributed by atoms with Crippen molar-refractivity contribution in [2.24, 2.45) is 17.3 Å². The van der Waals surface area contributed by atoms with Gasteiger partial charge in [0.05, 0.1) is 0 Å². The number of ether oxygens (including phenoxy) is 3. The first-order valence-electron chi connectivity index (χ1n) is 8.39. The first kappa shape index (κ1) is 16.5. The van der Waals surface area contributed by atoms with Gasteiger partial charge in [-0.05, 0) is 37.5 Å². The van der Waals surface area contributed by atoms with E-state index in [0.29, 0.717) is 17.9 Å². The molecule has 0 aromatic heterocycles. The molecule has 0 N–H and O–H groups in total. The van der Waals surface area contributed by atoms with Crippen LogP contribution in [0.15, 0.2) is 11.1 Å². The van der Waals surface area contributed by atoms with E-state index in [0.717, 1.165) is 24.8 Å². The number of carbonyl (C=O) groups is 2. The standard InChI is InChI=1S/C18H26O5/c1-10-6-7-15(22-12(3)19)14-9-18(21-5)13(8-17(10,14)4)11(2)16(20)23-18/h10,14-15H,6-9H2,1-5H3/t10-,14-,15+,17+,18-/m0/s1. The molecule has 0 spiro atoms. The van der Waals surface area contributed by atoms with Crippen molar-refractivity contribution in [3.63, 3.8) is 0 Å². The Morgan fingerprint density at radius 2 is 2.04 bits per heavy atom. The lowest BCUT2D eigenvalue weighted by Crippen LogP contribution is -2.55. The number of rotatable bonds is 2. The monoisotopic (exact) mass is 322 g/mol. The Kier molecular flexibility index (Phi) is 3.82. The van der Waals surface area contributed by atoms with Crippen molar-refractivity contribution in [1.82, 2.24) is 0 Å². The van der Waals surface area contributed by atoms with Crippen molar-refractivity contribution >= 4 is 11.9 Å². The summed E-state index contributed by atoms with van der Waals surface area (Å²) in [7, 11) is 1.58. The van der Waals surface area contributed by atoms with Crippen LogP contribution in [0.1, 0.15) is 53.4 Å². The maximum Gasteiger partial charge on any atom is 0.336 e. The predicted octanol–water partition coefficient (Wildman–Crippen LogP) is 2.98. The number of hydrogen-bond donors (Lipinski definition) is 0. The van der Waals surface area contributed by atoms with Gasteiger partial charge >= 0.3 is 11.9 Å². The van der Waals surface area contributed by atoms with Gasteiger partial charge in [0.2, 0.25) is 5.79 Å². The molecule has 2 saturated carbocycles. The van der Waals surface area contributed by atoms with Gasteiger partial charge in [0.15, 0.2) is 0 Å². The molecule has 2 fully saturated rings. The molecule has 0 radical (unpaired) electrons. The molecule has 23 heavy (non-hydrogen) atoms. The zero-order valence-corrected chi connectivity index (χ0v) is 14.6. The van der Waals surface area contributed by atoms with E-state index in [-0.39, 0.29) is 29.4 Å². The second kappa shape index (κ2) is 5.33. The molecule has 5 heteroatoms. The summed E-state index contributed by atoms with van der Waals surface area (Å²) in [6, 6.07) is 0. The summed E-state index contributed by atoms with van der Waals surface area (Å²) in [5, 5.41) is 0. The Morgan fingerprint density at radius 3 is 2.65 bits per heavy atom. The highest BCUT2D eigenvalue weighted by Crippen LogP contribution is 2.60. The van der Waals surface area contributed by atoms with Crippen LogP contribution >= 0.6 is 0 Å². The first-order valence-corrected chi connectivity index (χ1v) is 8.39. The minimum absolute atomic E-state index is 0.0228. The minimum Gasteiger partial charge on any atom is -0.462 e. The summed E-state index contributed by atoms with van der Waals surface area (Å²) < 4.78 is 16.9. The Balaban J connectivity index is 2.02. The van der Waals surface area contributed by atoms with Crippen molar-refractivity contribution in [2.45, 2.75) is 65.3 Å². The third kappa shape index (κ3) is 2.32. The van der Waals surface area contributed by atoms with Gasteiger partial charge in [-0.2, -0.15) is 0 Å². The summed E-state index contributed by atoms with van der Waals surface area (Å²) in [5.74, 6) is -0.899. The third-order valence-corrected chi connectivity index (χ3v) is 6.48. The third-order valence-electron chi connectivity index (χ3n) is 6.48. The Bertz CT molecular complexity index is 580. The number of fused-ring (bicyclic) bond motifs is 2. The molecule has 3 aliphatic rings. The second-order valence-corrected chi connectivity index (χ2v) is 7.57. The van der Waals surface area contributed by atoms with Crippen LogP contribution in [0.4, 0.5) is 0 Å². The molecule has 1 aliphatic heterocycles. The summed E-state index contributed by atoms with van der Waals surface area (Å²) >= 11 is 0. The molecule has 0 amide bonds. The van der Waals surface area contributed by atoms with E-state index < -0.39 is 5.79 Å². The lowest BCUT2D eigenvalue weighted by atomic mass is 9.53. The zero-order chi connectivity index (χ0) is 17.0. The quantitative estimate of drug-likeness (QED) is 0.731. The highest BCUT2D eigenvalue weighted by Gasteiger charge is 2.61. The highest BCUT2D eigenvalue weighted by molar-refractivity contribution is 5.92. The van der Waals surface area contributed by atoms with Gasteiger partial charge in [-0.25, -0.2) is 4.79 Å². The minimum atomic E-state index is -0.971. The highest BCUT2D eigenvalue weighted by atomic mass is 16.7. The van der Waals surface area contributed by atoms with Gasteiger partial charge in [0.25, 0.3) is 0 Å². The number of esters is 2. The molecule has 0 saturated heterocycles. The SMILES string of the molecule is CO[C@]12C[C@H]3[C@H](OC(C)=O)CC[C@H](C)[C@@]3(C)CC1=C(C)C(=O)O2. The van der Waals surface area contributed by atoms with E-state index in [9.17, 15) is 9.59 Å². The molecule has 5 atom stereocenters. The van der Waals surface area contributed by atoms with Gasteiger partial charge in [0, 0.05) is 37.5 Å². The van der Waals surface area contributed by atoms with Crippen LogP contribution in [0.3, 0.4) is 0 Å². The molecular weight excluding hydrogens is 296 g/mol. The van der Waals surface area contributed by atoms with Crippen molar-refractivity contribution < 1.29 is 23.8 Å². The van der Waals surface area contributed by atoms with E-state index in [1.165, 1.54) is 6.92 Å². The summed E-state index contributed by atoms with van der Waals surface area (Å²) in [6.07, 6.45) is 3.04. The van der Waals surface area contributed by atoms with Gasteiger partial charge < -0.3 is 14.2 Å². The van der Waals surface area contributed by atoms with Crippen molar-refractivity contribution in [2.75, 3.05) is 7.11 Å². The Labute approximate surface area is 137 Å². The van der Waals surface area contributed by atoms with Gasteiger partial charge in [-0.15, -0.1) is 0 Å². The van der Waals surface area contributed by atoms with Crippen LogP contribution in [0.2, 0.25) is 0 Å². The largest absolute Gasteiger partial charge is 0.462 e. The van der Waals surface area contributed by atoms with Crippen molar-refractivity contribution in [1.29, 1.82) is 0 Å². The van der Waals surface area contributed by atoms with Gasteiger partial charge in [-0.1, -0.05) is 13.8 Å². The molecule has 0 aromatic carbocycles. The predicted molar refractivity (Wildman–Crippen MR) is 83.3 cm³/mol. The van der Waals surface area contributed by atoms with Crippen LogP contribution in [-0.4, -0.2) is 30.9 Å². The smallest absolute Gasteiger partial charge is 0.336 e. The van der Waals surface area contributed by atoms with E-state index in [4.69, 9.17) is 14.2 Å². The molecule has 5 nitrogen and oxygen atoms in total.